The van der Waals surface area contributed by atoms with E-state index in [-0.39, 0.29) is 17.6 Å². The van der Waals surface area contributed by atoms with Crippen molar-refractivity contribution in [1.82, 2.24) is 15.1 Å². The van der Waals surface area contributed by atoms with Gasteiger partial charge in [0.2, 0.25) is 16.9 Å². The van der Waals surface area contributed by atoms with Gasteiger partial charge >= 0.3 is 0 Å². The van der Waals surface area contributed by atoms with E-state index >= 15 is 0 Å². The van der Waals surface area contributed by atoms with E-state index in [0.717, 1.165) is 33.8 Å². The second-order valence-electron chi connectivity index (χ2n) is 7.59. The first-order chi connectivity index (χ1) is 15.6. The minimum atomic E-state index is -0.0707. The largest absolute Gasteiger partial charge is 0.343 e. The molecule has 2 aromatic carbocycles. The van der Waals surface area contributed by atoms with Gasteiger partial charge in [0.05, 0.1) is 12.2 Å². The maximum Gasteiger partial charge on any atom is 0.234 e. The van der Waals surface area contributed by atoms with Crippen LogP contribution in [0.2, 0.25) is 0 Å². The number of aryl methyl sites for hydroxylation is 1. The summed E-state index contributed by atoms with van der Waals surface area (Å²) in [6.45, 7) is 4.84. The lowest BCUT2D eigenvalue weighted by atomic mass is 10.1. The number of carbonyl (C=O) groups excluding carboxylic acids is 2. The molecule has 0 aliphatic carbocycles. The summed E-state index contributed by atoms with van der Waals surface area (Å²) in [5.74, 6) is 0.372. The molecule has 0 saturated carbocycles. The molecule has 9 heteroatoms. The Labute approximate surface area is 195 Å². The molecule has 32 heavy (non-hydrogen) atoms. The van der Waals surface area contributed by atoms with Crippen LogP contribution in [0.25, 0.3) is 0 Å². The number of thioether (sulfide) groups is 1. The van der Waals surface area contributed by atoms with E-state index in [1.54, 1.807) is 0 Å². The molecule has 7 nitrogen and oxygen atoms in total. The topological polar surface area (TPSA) is 78.4 Å². The van der Waals surface area contributed by atoms with Crippen LogP contribution in [0.3, 0.4) is 0 Å². The van der Waals surface area contributed by atoms with E-state index in [4.69, 9.17) is 0 Å². The molecule has 4 rings (SSSR count). The van der Waals surface area contributed by atoms with Crippen LogP contribution in [0, 0.1) is 6.92 Å². The number of hydrogen-bond donors (Lipinski definition) is 1. The second kappa shape index (κ2) is 10.6. The minimum Gasteiger partial charge on any atom is -0.343 e. The standard InChI is InChI=1S/C23H25N5O2S2/c1-17-6-5-7-18(14-17)15-21(30)27-10-12-28(13-11-27)22-25-26-23(32-22)31-16-20(29)24-19-8-3-2-4-9-19/h2-9,14H,10-13,15-16H2,1H3,(H,24,29). The zero-order valence-electron chi connectivity index (χ0n) is 17.9. The molecule has 0 unspecified atom stereocenters. The predicted octanol–water partition coefficient (Wildman–Crippen LogP) is 3.47. The number of aromatic nitrogens is 2. The smallest absolute Gasteiger partial charge is 0.234 e. The van der Waals surface area contributed by atoms with Gasteiger partial charge in [-0.25, -0.2) is 0 Å². The van der Waals surface area contributed by atoms with Crippen LogP contribution in [0.1, 0.15) is 11.1 Å². The highest BCUT2D eigenvalue weighted by atomic mass is 32.2. The molecule has 1 saturated heterocycles. The van der Waals surface area contributed by atoms with Crippen LogP contribution in [-0.2, 0) is 16.0 Å². The zero-order chi connectivity index (χ0) is 22.3. The summed E-state index contributed by atoms with van der Waals surface area (Å²) >= 11 is 2.87. The van der Waals surface area contributed by atoms with E-state index in [0.29, 0.717) is 19.5 Å². The van der Waals surface area contributed by atoms with Gasteiger partial charge in [-0.05, 0) is 24.6 Å². The molecule has 0 atom stereocenters. The average Bonchev–Trinajstić information content (AvgIpc) is 3.28. The number of nitrogens with one attached hydrogen (secondary N) is 1. The van der Waals surface area contributed by atoms with Crippen LogP contribution in [-0.4, -0.2) is 58.8 Å². The molecule has 0 bridgehead atoms. The second-order valence-corrected chi connectivity index (χ2v) is 9.77. The number of nitrogens with zero attached hydrogens (tertiary/aromatic N) is 4. The van der Waals surface area contributed by atoms with E-state index < -0.39 is 0 Å². The summed E-state index contributed by atoms with van der Waals surface area (Å²) in [4.78, 5) is 28.8. The summed E-state index contributed by atoms with van der Waals surface area (Å²) in [5.41, 5.74) is 3.01. The van der Waals surface area contributed by atoms with Gasteiger partial charge in [0.1, 0.15) is 0 Å². The van der Waals surface area contributed by atoms with Crippen LogP contribution >= 0.6 is 23.1 Å². The molecule has 1 aliphatic heterocycles. The lowest BCUT2D eigenvalue weighted by molar-refractivity contribution is -0.130. The number of amides is 2. The van der Waals surface area contributed by atoms with Crippen molar-refractivity contribution in [3.8, 4) is 0 Å². The van der Waals surface area contributed by atoms with Gasteiger partial charge in [-0.3, -0.25) is 9.59 Å². The molecular formula is C23H25N5O2S2. The molecule has 1 aliphatic rings. The van der Waals surface area contributed by atoms with E-state index in [1.165, 1.54) is 28.7 Å². The maximum absolute atomic E-state index is 12.6. The highest BCUT2D eigenvalue weighted by molar-refractivity contribution is 8.01. The monoisotopic (exact) mass is 467 g/mol. The summed E-state index contributed by atoms with van der Waals surface area (Å²) < 4.78 is 0.765. The minimum absolute atomic E-state index is 0.0707. The molecule has 3 aromatic rings. The highest BCUT2D eigenvalue weighted by Crippen LogP contribution is 2.28. The first-order valence-electron chi connectivity index (χ1n) is 10.5. The van der Waals surface area contributed by atoms with Gasteiger partial charge in [-0.2, -0.15) is 0 Å². The molecule has 1 aromatic heterocycles. The van der Waals surface area contributed by atoms with Gasteiger partial charge in [0, 0.05) is 31.9 Å². The molecule has 0 spiro atoms. The molecule has 1 N–H and O–H groups in total. The Morgan fingerprint density at radius 3 is 2.56 bits per heavy atom. The predicted molar refractivity (Wildman–Crippen MR) is 129 cm³/mol. The van der Waals surface area contributed by atoms with Gasteiger partial charge in [0.25, 0.3) is 0 Å². The van der Waals surface area contributed by atoms with Crippen LogP contribution in [0.4, 0.5) is 10.8 Å². The molecule has 0 radical (unpaired) electrons. The van der Waals surface area contributed by atoms with Crippen molar-refractivity contribution in [3.05, 3.63) is 65.7 Å². The Kier molecular flexibility index (Phi) is 7.39. The van der Waals surface area contributed by atoms with E-state index in [9.17, 15) is 9.59 Å². The van der Waals surface area contributed by atoms with Crippen molar-refractivity contribution in [1.29, 1.82) is 0 Å². The molecule has 166 valence electrons. The first-order valence-corrected chi connectivity index (χ1v) is 12.3. The number of hydrogen-bond acceptors (Lipinski definition) is 7. The van der Waals surface area contributed by atoms with Crippen LogP contribution in [0.5, 0.6) is 0 Å². The number of rotatable bonds is 7. The maximum atomic E-state index is 12.6. The third-order valence-corrected chi connectivity index (χ3v) is 7.24. The summed E-state index contributed by atoms with van der Waals surface area (Å²) in [6.07, 6.45) is 0.437. The van der Waals surface area contributed by atoms with Crippen molar-refractivity contribution in [2.45, 2.75) is 17.7 Å². The van der Waals surface area contributed by atoms with Crippen molar-refractivity contribution in [2.24, 2.45) is 0 Å². The fraction of sp³-hybridized carbons (Fsp3) is 0.304. The summed E-state index contributed by atoms with van der Waals surface area (Å²) in [6, 6.07) is 17.5. The number of carbonyl (C=O) groups is 2. The van der Waals surface area contributed by atoms with Gasteiger partial charge in [-0.1, -0.05) is 71.1 Å². The number of anilines is 2. The fourth-order valence-corrected chi connectivity index (χ4v) is 5.18. The normalized spacial score (nSPS) is 13.8. The highest BCUT2D eigenvalue weighted by Gasteiger charge is 2.23. The Hall–Kier alpha value is -2.91. The zero-order valence-corrected chi connectivity index (χ0v) is 19.5. The quantitative estimate of drug-likeness (QED) is 0.536. The van der Waals surface area contributed by atoms with Gasteiger partial charge in [-0.15, -0.1) is 10.2 Å². The lowest BCUT2D eigenvalue weighted by Gasteiger charge is -2.34. The summed E-state index contributed by atoms with van der Waals surface area (Å²) in [7, 11) is 0. The Morgan fingerprint density at radius 1 is 1.03 bits per heavy atom. The number of para-hydroxylation sites is 1. The molecule has 1 fully saturated rings. The van der Waals surface area contributed by atoms with Crippen molar-refractivity contribution < 1.29 is 9.59 Å². The van der Waals surface area contributed by atoms with Crippen LogP contribution in [0.15, 0.2) is 58.9 Å². The molecule has 2 amide bonds. The van der Waals surface area contributed by atoms with Crippen LogP contribution < -0.4 is 10.2 Å². The molecule has 2 heterocycles. The Bertz CT molecular complexity index is 1070. The average molecular weight is 468 g/mol. The lowest BCUT2D eigenvalue weighted by Crippen LogP contribution is -2.49. The Morgan fingerprint density at radius 2 is 1.81 bits per heavy atom. The fourth-order valence-electron chi connectivity index (χ4n) is 3.49. The SMILES string of the molecule is Cc1cccc(CC(=O)N2CCN(c3nnc(SCC(=O)Nc4ccccc4)s3)CC2)c1. The van der Waals surface area contributed by atoms with E-state index in [1.807, 2.05) is 60.4 Å². The number of piperazine rings is 1. The van der Waals surface area contributed by atoms with Crippen molar-refractivity contribution in [3.63, 3.8) is 0 Å². The first kappa shape index (κ1) is 22.3. The van der Waals surface area contributed by atoms with Crippen molar-refractivity contribution >= 4 is 45.7 Å². The third kappa shape index (κ3) is 6.08. The summed E-state index contributed by atoms with van der Waals surface area (Å²) in [5, 5.41) is 12.2. The van der Waals surface area contributed by atoms with Gasteiger partial charge < -0.3 is 15.1 Å². The Balaban J connectivity index is 1.23. The van der Waals surface area contributed by atoms with E-state index in [2.05, 4.69) is 26.5 Å². The van der Waals surface area contributed by atoms with Gasteiger partial charge in [0.15, 0.2) is 4.34 Å². The number of benzene rings is 2. The third-order valence-electron chi connectivity index (χ3n) is 5.12. The van der Waals surface area contributed by atoms with Crippen molar-refractivity contribution in [2.75, 3.05) is 42.1 Å². The molecular weight excluding hydrogens is 442 g/mol.